The predicted octanol–water partition coefficient (Wildman–Crippen LogP) is 3.88. The predicted molar refractivity (Wildman–Crippen MR) is 103 cm³/mol. The van der Waals surface area contributed by atoms with Crippen molar-refractivity contribution in [2.45, 2.75) is 31.8 Å². The fourth-order valence-corrected chi connectivity index (χ4v) is 3.24. The first-order valence-electron chi connectivity index (χ1n) is 8.80. The number of rotatable bonds is 6. The molecule has 1 saturated heterocycles. The van der Waals surface area contributed by atoms with Gasteiger partial charge in [-0.05, 0) is 37.1 Å². The van der Waals surface area contributed by atoms with Gasteiger partial charge in [0.15, 0.2) is 0 Å². The van der Waals surface area contributed by atoms with Gasteiger partial charge in [0.1, 0.15) is 11.9 Å². The number of imide groups is 1. The smallest absolute Gasteiger partial charge is 0.325 e. The van der Waals surface area contributed by atoms with Gasteiger partial charge in [-0.1, -0.05) is 41.9 Å². The summed E-state index contributed by atoms with van der Waals surface area (Å²) in [7, 11) is 0. The van der Waals surface area contributed by atoms with Gasteiger partial charge in [0, 0.05) is 12.1 Å². The third-order valence-electron chi connectivity index (χ3n) is 4.58. The zero-order valence-corrected chi connectivity index (χ0v) is 15.9. The van der Waals surface area contributed by atoms with Gasteiger partial charge >= 0.3 is 6.03 Å². The van der Waals surface area contributed by atoms with Gasteiger partial charge in [-0.3, -0.25) is 14.5 Å². The quantitative estimate of drug-likeness (QED) is 0.718. The van der Waals surface area contributed by atoms with Crippen molar-refractivity contribution in [3.63, 3.8) is 0 Å². The van der Waals surface area contributed by atoms with Crippen molar-refractivity contribution in [1.82, 2.24) is 10.2 Å². The highest BCUT2D eigenvalue weighted by Crippen LogP contribution is 2.25. The Morgan fingerprint density at radius 2 is 1.96 bits per heavy atom. The molecule has 8 heteroatoms. The van der Waals surface area contributed by atoms with Crippen LogP contribution in [0, 0.1) is 5.82 Å². The Bertz CT molecular complexity index is 907. The van der Waals surface area contributed by atoms with Crippen molar-refractivity contribution in [3.05, 3.63) is 64.9 Å². The van der Waals surface area contributed by atoms with Crippen LogP contribution in [0.4, 0.5) is 14.9 Å². The van der Waals surface area contributed by atoms with Crippen molar-refractivity contribution >= 4 is 35.1 Å². The molecule has 0 aromatic heterocycles. The average Bonchev–Trinajstić information content (AvgIpc) is 2.96. The fraction of sp³-hybridized carbons (Fsp3) is 0.250. The van der Waals surface area contributed by atoms with Gasteiger partial charge in [0.2, 0.25) is 5.91 Å². The summed E-state index contributed by atoms with van der Waals surface area (Å²) in [5.74, 6) is -1.30. The first-order chi connectivity index (χ1) is 13.4. The molecule has 0 aliphatic carbocycles. The van der Waals surface area contributed by atoms with Crippen molar-refractivity contribution in [3.8, 4) is 0 Å². The molecule has 0 spiro atoms. The van der Waals surface area contributed by atoms with Crippen molar-refractivity contribution in [2.24, 2.45) is 0 Å². The van der Waals surface area contributed by atoms with Gasteiger partial charge in [-0.2, -0.15) is 0 Å². The minimum Gasteiger partial charge on any atom is -0.326 e. The Labute approximate surface area is 166 Å². The van der Waals surface area contributed by atoms with Gasteiger partial charge < -0.3 is 10.6 Å². The number of anilines is 1. The van der Waals surface area contributed by atoms with Crippen molar-refractivity contribution < 1.29 is 18.8 Å². The molecule has 0 radical (unpaired) electrons. The lowest BCUT2D eigenvalue weighted by atomic mass is 10.1. The Morgan fingerprint density at radius 1 is 1.25 bits per heavy atom. The molecule has 1 aliphatic heterocycles. The highest BCUT2D eigenvalue weighted by atomic mass is 35.5. The largest absolute Gasteiger partial charge is 0.326 e. The summed E-state index contributed by atoms with van der Waals surface area (Å²) < 4.78 is 13.2. The molecule has 2 aromatic rings. The molecule has 2 aromatic carbocycles. The Balaban J connectivity index is 1.58. The van der Waals surface area contributed by atoms with Gasteiger partial charge in [-0.25, -0.2) is 9.18 Å². The summed E-state index contributed by atoms with van der Waals surface area (Å²) in [6, 6.07) is 11.4. The third kappa shape index (κ3) is 4.31. The zero-order valence-electron chi connectivity index (χ0n) is 15.1. The molecule has 0 saturated carbocycles. The summed E-state index contributed by atoms with van der Waals surface area (Å²) >= 11 is 5.69. The molecule has 1 fully saturated rings. The maximum atomic E-state index is 13.2. The monoisotopic (exact) mass is 403 g/mol. The van der Waals surface area contributed by atoms with Crippen LogP contribution >= 0.6 is 11.6 Å². The molecule has 146 valence electrons. The highest BCUT2D eigenvalue weighted by Gasteiger charge is 2.40. The number of hydrogen-bond acceptors (Lipinski definition) is 3. The standard InChI is InChI=1S/C20H19ClFN3O3/c1-12(13-5-3-2-4-6-13)25-19(27)17(24-20(25)28)9-10-18(26)23-14-7-8-16(22)15(21)11-14/h2-8,11-12,17H,9-10H2,1H3,(H,23,26)(H,24,28)/t12-,17-/m0/s1. The molecular weight excluding hydrogens is 385 g/mol. The SMILES string of the molecule is C[C@@H](c1ccccc1)N1C(=O)N[C@@H](CCC(=O)Nc2ccc(F)c(Cl)c2)C1=O. The topological polar surface area (TPSA) is 78.5 Å². The summed E-state index contributed by atoms with van der Waals surface area (Å²) in [5.41, 5.74) is 1.20. The van der Waals surface area contributed by atoms with Crippen LogP contribution in [0.3, 0.4) is 0 Å². The van der Waals surface area contributed by atoms with E-state index in [9.17, 15) is 18.8 Å². The second kappa shape index (κ2) is 8.39. The number of halogens is 2. The number of hydrogen-bond donors (Lipinski definition) is 2. The minimum absolute atomic E-state index is 0.0131. The normalized spacial score (nSPS) is 17.4. The number of nitrogens with one attached hydrogen (secondary N) is 2. The maximum absolute atomic E-state index is 13.2. The number of amides is 4. The first kappa shape index (κ1) is 19.8. The van der Waals surface area contributed by atoms with Gasteiger partial charge in [0.05, 0.1) is 11.1 Å². The lowest BCUT2D eigenvalue weighted by Crippen LogP contribution is -2.34. The van der Waals surface area contributed by atoms with E-state index in [2.05, 4.69) is 10.6 Å². The van der Waals surface area contributed by atoms with E-state index < -0.39 is 23.9 Å². The van der Waals surface area contributed by atoms with E-state index in [1.165, 1.54) is 17.0 Å². The Hall–Kier alpha value is -2.93. The van der Waals surface area contributed by atoms with Crippen LogP contribution in [0.15, 0.2) is 48.5 Å². The molecule has 1 heterocycles. The summed E-state index contributed by atoms with van der Waals surface area (Å²) in [6.45, 7) is 1.78. The molecule has 4 amide bonds. The number of carbonyl (C=O) groups is 3. The molecule has 28 heavy (non-hydrogen) atoms. The molecule has 2 atom stereocenters. The molecule has 2 N–H and O–H groups in total. The van der Waals surface area contributed by atoms with E-state index in [1.54, 1.807) is 6.92 Å². The molecule has 0 unspecified atom stereocenters. The van der Waals surface area contributed by atoms with Crippen LogP contribution in [-0.4, -0.2) is 28.8 Å². The highest BCUT2D eigenvalue weighted by molar-refractivity contribution is 6.31. The lowest BCUT2D eigenvalue weighted by Gasteiger charge is -2.21. The van der Waals surface area contributed by atoms with E-state index in [0.29, 0.717) is 5.69 Å². The minimum atomic E-state index is -0.763. The molecule has 0 bridgehead atoms. The first-order valence-corrected chi connectivity index (χ1v) is 9.18. The number of nitrogens with zero attached hydrogens (tertiary/aromatic N) is 1. The van der Waals surface area contributed by atoms with E-state index >= 15 is 0 Å². The molecular formula is C20H19ClFN3O3. The summed E-state index contributed by atoms with van der Waals surface area (Å²) in [5, 5.41) is 5.12. The number of urea groups is 1. The van der Waals surface area contributed by atoms with E-state index in [0.717, 1.165) is 11.6 Å². The third-order valence-corrected chi connectivity index (χ3v) is 4.87. The lowest BCUT2D eigenvalue weighted by molar-refractivity contribution is -0.129. The number of carbonyl (C=O) groups excluding carboxylic acids is 3. The Kier molecular flexibility index (Phi) is 5.94. The van der Waals surface area contributed by atoms with Crippen LogP contribution in [0.25, 0.3) is 0 Å². The van der Waals surface area contributed by atoms with Gasteiger partial charge in [-0.15, -0.1) is 0 Å². The molecule has 3 rings (SSSR count). The molecule has 1 aliphatic rings. The van der Waals surface area contributed by atoms with Gasteiger partial charge in [0.25, 0.3) is 5.91 Å². The van der Waals surface area contributed by atoms with Crippen LogP contribution < -0.4 is 10.6 Å². The van der Waals surface area contributed by atoms with Crippen LogP contribution in [0.5, 0.6) is 0 Å². The van der Waals surface area contributed by atoms with Crippen molar-refractivity contribution in [2.75, 3.05) is 5.32 Å². The summed E-state index contributed by atoms with van der Waals surface area (Å²) in [6.07, 6.45) is 0.169. The Morgan fingerprint density at radius 3 is 2.64 bits per heavy atom. The van der Waals surface area contributed by atoms with E-state index in [1.807, 2.05) is 30.3 Å². The average molecular weight is 404 g/mol. The van der Waals surface area contributed by atoms with E-state index in [4.69, 9.17) is 11.6 Å². The van der Waals surface area contributed by atoms with E-state index in [-0.39, 0.29) is 29.7 Å². The fourth-order valence-electron chi connectivity index (χ4n) is 3.06. The zero-order chi connectivity index (χ0) is 20.3. The van der Waals surface area contributed by atoms with Crippen molar-refractivity contribution in [1.29, 1.82) is 0 Å². The summed E-state index contributed by atoms with van der Waals surface area (Å²) in [4.78, 5) is 38.2. The van der Waals surface area contributed by atoms with Crippen LogP contribution in [0.2, 0.25) is 5.02 Å². The maximum Gasteiger partial charge on any atom is 0.325 e. The number of benzene rings is 2. The van der Waals surface area contributed by atoms with Crippen LogP contribution in [-0.2, 0) is 9.59 Å². The second-order valence-electron chi connectivity index (χ2n) is 6.51. The second-order valence-corrected chi connectivity index (χ2v) is 6.92. The molecule has 6 nitrogen and oxygen atoms in total. The van der Waals surface area contributed by atoms with Crippen LogP contribution in [0.1, 0.15) is 31.4 Å².